The van der Waals surface area contributed by atoms with Crippen LogP contribution < -0.4 is 0 Å². The fourth-order valence-electron chi connectivity index (χ4n) is 14.9. The molecule has 0 amide bonds. The Hall–Kier alpha value is -2.59. The maximum atomic E-state index is 13.9. The molecule has 0 aromatic heterocycles. The van der Waals surface area contributed by atoms with Gasteiger partial charge in [0.1, 0.15) is 18.0 Å². The zero-order chi connectivity index (χ0) is 54.2. The highest BCUT2D eigenvalue weighted by Crippen LogP contribution is 2.67. The monoisotopic (exact) mass is 1050 g/mol. The first kappa shape index (κ1) is 63.2. The van der Waals surface area contributed by atoms with Crippen LogP contribution in [0.3, 0.4) is 0 Å². The normalized spacial score (nSPS) is 31.6. The van der Waals surface area contributed by atoms with Crippen LogP contribution in [0.4, 0.5) is 0 Å². The molecule has 14 atom stereocenters. The molecule has 5 rings (SSSR count). The van der Waals surface area contributed by atoms with Gasteiger partial charge in [-0.3, -0.25) is 9.59 Å². The van der Waals surface area contributed by atoms with Crippen LogP contribution in [0, 0.1) is 52.3 Å². The lowest BCUT2D eigenvalue weighted by atomic mass is 9.47. The molecule has 1 heterocycles. The maximum Gasteiger partial charge on any atom is 0.339 e. The number of Topliss-reactive ketones (excluding diaryl/α,β-unsaturated/α-hetero) is 1. The van der Waals surface area contributed by atoms with Crippen molar-refractivity contribution in [3.63, 3.8) is 0 Å². The molecule has 428 valence electrons. The number of hydrogen-bond acceptors (Lipinski definition) is 9. The lowest BCUT2D eigenvalue weighted by Crippen LogP contribution is -2.62. The standard InChI is InChI=1S/C66H110O9/c1-9-12-14-16-18-19-20-21-22-23-24-25-27-29-31-35-58(68)74-61-59(69)60(70)64(75-62(61)63(71)72-46-32-34-52(67)33-30-28-26-17-15-13-10-2)73-53-42-44-65(7)51(47-53)38-39-54-56-41-40-55(66(56,8)45-43-57(54)65)49(6)36-37-50(11-3)48(4)5/h12,14,18-19,21-22,38,48-50,53-57,59-62,64,69-70H,9-11,13,15-17,20,23-37,39-47H2,1-8H3. The van der Waals surface area contributed by atoms with E-state index >= 15 is 0 Å². The van der Waals surface area contributed by atoms with Crippen LogP contribution in [-0.4, -0.2) is 71.4 Å². The van der Waals surface area contributed by atoms with Crippen molar-refractivity contribution in [2.24, 2.45) is 52.3 Å². The molecule has 0 radical (unpaired) electrons. The summed E-state index contributed by atoms with van der Waals surface area (Å²) in [7, 11) is 0. The average Bonchev–Trinajstić information content (AvgIpc) is 3.75. The van der Waals surface area contributed by atoms with E-state index < -0.39 is 42.6 Å². The van der Waals surface area contributed by atoms with E-state index in [1.807, 2.05) is 0 Å². The Kier molecular flexibility index (Phi) is 27.9. The second kappa shape index (κ2) is 33.1. The molecule has 1 aliphatic heterocycles. The number of esters is 2. The molecule has 4 fully saturated rings. The second-order valence-electron chi connectivity index (χ2n) is 25.1. The van der Waals surface area contributed by atoms with E-state index in [9.17, 15) is 24.6 Å². The van der Waals surface area contributed by atoms with E-state index in [4.69, 9.17) is 18.9 Å². The van der Waals surface area contributed by atoms with Crippen molar-refractivity contribution in [3.8, 4) is 0 Å². The summed E-state index contributed by atoms with van der Waals surface area (Å²) in [6.45, 7) is 19.2. The Labute approximate surface area is 457 Å². The molecule has 0 bridgehead atoms. The van der Waals surface area contributed by atoms with E-state index in [2.05, 4.69) is 97.9 Å². The van der Waals surface area contributed by atoms with Crippen molar-refractivity contribution < 1.29 is 43.5 Å². The van der Waals surface area contributed by atoms with Gasteiger partial charge in [0.15, 0.2) is 18.5 Å². The first-order chi connectivity index (χ1) is 36.2. The second-order valence-corrected chi connectivity index (χ2v) is 25.1. The molecule has 0 aromatic carbocycles. The first-order valence-electron chi connectivity index (χ1n) is 31.4. The van der Waals surface area contributed by atoms with Crippen molar-refractivity contribution in [1.29, 1.82) is 0 Å². The highest BCUT2D eigenvalue weighted by molar-refractivity contribution is 5.79. The number of unbranched alkanes of at least 4 members (excludes halogenated alkanes) is 11. The lowest BCUT2D eigenvalue weighted by Gasteiger charge is -2.58. The molecule has 9 nitrogen and oxygen atoms in total. The number of aliphatic hydroxyl groups excluding tert-OH is 2. The van der Waals surface area contributed by atoms with Crippen LogP contribution in [0.5, 0.6) is 0 Å². The van der Waals surface area contributed by atoms with Crippen molar-refractivity contribution in [2.75, 3.05) is 6.61 Å². The molecule has 0 aromatic rings. The third kappa shape index (κ3) is 18.8. The zero-order valence-corrected chi connectivity index (χ0v) is 48.9. The van der Waals surface area contributed by atoms with Gasteiger partial charge in [-0.2, -0.15) is 0 Å². The van der Waals surface area contributed by atoms with Gasteiger partial charge in [0.25, 0.3) is 0 Å². The van der Waals surface area contributed by atoms with Crippen LogP contribution in [0.1, 0.15) is 254 Å². The molecule has 2 N–H and O–H groups in total. The third-order valence-electron chi connectivity index (χ3n) is 19.6. The number of fused-ring (bicyclic) bond motifs is 5. The highest BCUT2D eigenvalue weighted by Gasteiger charge is 2.60. The highest BCUT2D eigenvalue weighted by atomic mass is 16.7. The number of ether oxygens (including phenoxy) is 4. The van der Waals surface area contributed by atoms with E-state index in [0.29, 0.717) is 49.4 Å². The number of carbonyl (C=O) groups is 3. The lowest BCUT2D eigenvalue weighted by molar-refractivity contribution is -0.308. The summed E-state index contributed by atoms with van der Waals surface area (Å²) in [6.07, 6.45) is 38.8. The van der Waals surface area contributed by atoms with E-state index in [0.717, 1.165) is 119 Å². The molecule has 5 aliphatic rings. The van der Waals surface area contributed by atoms with Gasteiger partial charge in [0.2, 0.25) is 0 Å². The quantitative estimate of drug-likeness (QED) is 0.0362. The number of hydrogen-bond donors (Lipinski definition) is 2. The van der Waals surface area contributed by atoms with Gasteiger partial charge in [-0.05, 0) is 161 Å². The van der Waals surface area contributed by atoms with E-state index in [1.54, 1.807) is 0 Å². The summed E-state index contributed by atoms with van der Waals surface area (Å²) in [5, 5.41) is 23.2. The van der Waals surface area contributed by atoms with E-state index in [-0.39, 0.29) is 30.3 Å². The van der Waals surface area contributed by atoms with Gasteiger partial charge in [-0.25, -0.2) is 4.79 Å². The molecule has 9 heteroatoms. The summed E-state index contributed by atoms with van der Waals surface area (Å²) in [5.41, 5.74) is 1.94. The first-order valence-corrected chi connectivity index (χ1v) is 31.4. The number of carbonyl (C=O) groups excluding carboxylic acids is 3. The summed E-state index contributed by atoms with van der Waals surface area (Å²) in [4.78, 5) is 39.9. The molecule has 75 heavy (non-hydrogen) atoms. The predicted octanol–water partition coefficient (Wildman–Crippen LogP) is 16.0. The van der Waals surface area contributed by atoms with Crippen molar-refractivity contribution in [1.82, 2.24) is 0 Å². The van der Waals surface area contributed by atoms with Gasteiger partial charge in [0, 0.05) is 19.3 Å². The molecule has 4 aliphatic carbocycles. The Morgan fingerprint density at radius 1 is 0.733 bits per heavy atom. The van der Waals surface area contributed by atoms with Gasteiger partial charge in [-0.1, -0.05) is 174 Å². The largest absolute Gasteiger partial charge is 0.464 e. The summed E-state index contributed by atoms with van der Waals surface area (Å²) in [5.74, 6) is 4.05. The fraction of sp³-hybridized carbons (Fsp3) is 0.833. The minimum atomic E-state index is -1.63. The Morgan fingerprint density at radius 3 is 2.11 bits per heavy atom. The average molecular weight is 1050 g/mol. The van der Waals surface area contributed by atoms with Crippen LogP contribution in [0.2, 0.25) is 0 Å². The molecule has 14 unspecified atom stereocenters. The Bertz CT molecular complexity index is 1800. The SMILES string of the molecule is CCC=CCC=CCC=CCCCCCCCC(=O)OC1C(C(=O)OCCCC(=O)CCCCCCCCC)OC(OC2CCC3(C)C(=CCC4C3CCC3(C)C(C(C)CCC(CC)C(C)C)CCC43)C2)C(O)C1O. The van der Waals surface area contributed by atoms with Crippen LogP contribution >= 0.6 is 0 Å². The van der Waals surface area contributed by atoms with Crippen molar-refractivity contribution >= 4 is 17.7 Å². The van der Waals surface area contributed by atoms with Gasteiger partial charge >= 0.3 is 11.9 Å². The van der Waals surface area contributed by atoms with Gasteiger partial charge < -0.3 is 29.2 Å². The molecular weight excluding hydrogens is 937 g/mol. The van der Waals surface area contributed by atoms with E-state index in [1.165, 1.54) is 76.2 Å². The molecule has 0 spiro atoms. The van der Waals surface area contributed by atoms with Crippen LogP contribution in [0.15, 0.2) is 48.1 Å². The van der Waals surface area contributed by atoms with Crippen LogP contribution in [0.25, 0.3) is 0 Å². The fourth-order valence-corrected chi connectivity index (χ4v) is 14.9. The number of allylic oxidation sites excluding steroid dienone is 7. The summed E-state index contributed by atoms with van der Waals surface area (Å²) < 4.78 is 24.3. The van der Waals surface area contributed by atoms with Gasteiger partial charge in [-0.15, -0.1) is 0 Å². The summed E-state index contributed by atoms with van der Waals surface area (Å²) in [6, 6.07) is 0. The van der Waals surface area contributed by atoms with Crippen molar-refractivity contribution in [2.45, 2.75) is 291 Å². The smallest absolute Gasteiger partial charge is 0.339 e. The predicted molar refractivity (Wildman–Crippen MR) is 305 cm³/mol. The minimum absolute atomic E-state index is 0.00897. The topological polar surface area (TPSA) is 129 Å². The van der Waals surface area contributed by atoms with Crippen LogP contribution in [-0.2, 0) is 33.3 Å². The Balaban J connectivity index is 1.14. The minimum Gasteiger partial charge on any atom is -0.464 e. The Morgan fingerprint density at radius 2 is 1.40 bits per heavy atom. The number of rotatable bonds is 35. The molecular formula is C66H110O9. The third-order valence-corrected chi connectivity index (χ3v) is 19.6. The van der Waals surface area contributed by atoms with Crippen molar-refractivity contribution in [3.05, 3.63) is 48.1 Å². The number of aliphatic hydroxyl groups is 2. The zero-order valence-electron chi connectivity index (χ0n) is 48.9. The summed E-state index contributed by atoms with van der Waals surface area (Å²) >= 11 is 0. The maximum absolute atomic E-state index is 13.9. The number of ketones is 1. The molecule has 3 saturated carbocycles. The molecule has 1 saturated heterocycles. The van der Waals surface area contributed by atoms with Gasteiger partial charge in [0.05, 0.1) is 12.7 Å².